The molecule has 0 saturated heterocycles. The summed E-state index contributed by atoms with van der Waals surface area (Å²) in [7, 11) is 0. The maximum Gasteiger partial charge on any atom is 0.123 e. The highest BCUT2D eigenvalue weighted by Crippen LogP contribution is 2.69. The van der Waals surface area contributed by atoms with Crippen molar-refractivity contribution in [2.45, 2.75) is 23.7 Å². The zero-order chi connectivity index (χ0) is 23.7. The van der Waals surface area contributed by atoms with Crippen LogP contribution in [-0.2, 0) is 0 Å². The third-order valence-electron chi connectivity index (χ3n) is 7.30. The molecule has 6 rings (SSSR count). The average molecular weight is 454 g/mol. The molecule has 6 nitrogen and oxygen atoms in total. The summed E-state index contributed by atoms with van der Waals surface area (Å²) in [5.41, 5.74) is 4.58. The second kappa shape index (κ2) is 7.09. The number of phenols is 6. The van der Waals surface area contributed by atoms with Gasteiger partial charge in [0.15, 0.2) is 0 Å². The van der Waals surface area contributed by atoms with Gasteiger partial charge in [0.2, 0.25) is 0 Å². The van der Waals surface area contributed by atoms with Crippen molar-refractivity contribution in [1.29, 1.82) is 0 Å². The van der Waals surface area contributed by atoms with E-state index in [2.05, 4.69) is 0 Å². The molecule has 2 aliphatic carbocycles. The van der Waals surface area contributed by atoms with Crippen LogP contribution in [0, 0.1) is 0 Å². The third kappa shape index (κ3) is 2.81. The van der Waals surface area contributed by atoms with Gasteiger partial charge in [-0.3, -0.25) is 0 Å². The minimum absolute atomic E-state index is 0.0298. The van der Waals surface area contributed by atoms with Gasteiger partial charge in [0, 0.05) is 46.9 Å². The molecule has 6 heteroatoms. The number of hydrogen-bond acceptors (Lipinski definition) is 6. The Hall–Kier alpha value is -4.32. The summed E-state index contributed by atoms with van der Waals surface area (Å²) >= 11 is 0. The van der Waals surface area contributed by atoms with E-state index in [1.807, 2.05) is 0 Å². The first kappa shape index (κ1) is 20.3. The van der Waals surface area contributed by atoms with E-state index in [4.69, 9.17) is 0 Å². The fourth-order valence-electron chi connectivity index (χ4n) is 6.15. The van der Waals surface area contributed by atoms with E-state index in [1.54, 1.807) is 60.7 Å². The summed E-state index contributed by atoms with van der Waals surface area (Å²) in [5.74, 6) is -1.15. The normalized spacial score (nSPS) is 22.2. The fourth-order valence-corrected chi connectivity index (χ4v) is 6.15. The van der Waals surface area contributed by atoms with Crippen molar-refractivity contribution in [2.24, 2.45) is 0 Å². The van der Waals surface area contributed by atoms with Crippen LogP contribution in [0.2, 0.25) is 0 Å². The zero-order valence-electron chi connectivity index (χ0n) is 17.9. The van der Waals surface area contributed by atoms with E-state index in [-0.39, 0.29) is 58.2 Å². The Morgan fingerprint density at radius 1 is 0.412 bits per heavy atom. The second-order valence-corrected chi connectivity index (χ2v) is 9.13. The average Bonchev–Trinajstić information content (AvgIpc) is 3.29. The number of aromatic hydroxyl groups is 6. The van der Waals surface area contributed by atoms with E-state index in [9.17, 15) is 30.6 Å². The molecule has 2 unspecified atom stereocenters. The highest BCUT2D eigenvalue weighted by molar-refractivity contribution is 5.68. The molecule has 6 N–H and O–H groups in total. The standard InChI is InChI=1S/C28H22O6/c29-15-5-1-13(2-6-15)23-25-19(9-17(31)11-21(25)33)28-24(14-3-7-16(30)8-4-14)26-20(27(23)28)10-18(32)12-22(26)34/h1-12,23-24,27-34H/t23?,24?,27-,28-/m0/s1. The molecule has 170 valence electrons. The summed E-state index contributed by atoms with van der Waals surface area (Å²) < 4.78 is 0. The summed E-state index contributed by atoms with van der Waals surface area (Å²) in [4.78, 5) is 0. The SMILES string of the molecule is Oc1ccc(C2c3c(O)cc(O)cc3[C@H]3C(c4ccc(O)cc4)c4c(O)cc(O)cc4[C@@H]23)cc1. The van der Waals surface area contributed by atoms with Gasteiger partial charge in [-0.2, -0.15) is 0 Å². The van der Waals surface area contributed by atoms with Gasteiger partial charge < -0.3 is 30.6 Å². The lowest BCUT2D eigenvalue weighted by Crippen LogP contribution is -2.10. The van der Waals surface area contributed by atoms with Gasteiger partial charge in [-0.15, -0.1) is 0 Å². The summed E-state index contributed by atoms with van der Waals surface area (Å²) in [5, 5.41) is 62.4. The molecule has 0 aromatic heterocycles. The van der Waals surface area contributed by atoms with Crippen LogP contribution in [0.4, 0.5) is 0 Å². The van der Waals surface area contributed by atoms with Crippen LogP contribution in [-0.4, -0.2) is 30.6 Å². The largest absolute Gasteiger partial charge is 0.508 e. The highest BCUT2D eigenvalue weighted by Gasteiger charge is 2.54. The summed E-state index contributed by atoms with van der Waals surface area (Å²) in [6.07, 6.45) is 0. The van der Waals surface area contributed by atoms with Crippen LogP contribution in [0.15, 0.2) is 72.8 Å². The van der Waals surface area contributed by atoms with Crippen molar-refractivity contribution in [3.8, 4) is 34.5 Å². The first-order chi connectivity index (χ1) is 16.3. The molecule has 4 aromatic rings. The number of fused-ring (bicyclic) bond motifs is 5. The lowest BCUT2D eigenvalue weighted by atomic mass is 9.79. The molecule has 0 aliphatic heterocycles. The molecule has 0 amide bonds. The van der Waals surface area contributed by atoms with Crippen LogP contribution in [0.1, 0.15) is 57.1 Å². The molecule has 4 aromatic carbocycles. The third-order valence-corrected chi connectivity index (χ3v) is 7.30. The maximum atomic E-state index is 11.0. The van der Waals surface area contributed by atoms with E-state index in [0.717, 1.165) is 22.3 Å². The van der Waals surface area contributed by atoms with Crippen LogP contribution in [0.5, 0.6) is 34.5 Å². The number of hydrogen-bond donors (Lipinski definition) is 6. The molecule has 2 aliphatic rings. The Balaban J connectivity index is 1.67. The van der Waals surface area contributed by atoms with Crippen molar-refractivity contribution in [2.75, 3.05) is 0 Å². The lowest BCUT2D eigenvalue weighted by Gasteiger charge is -2.23. The van der Waals surface area contributed by atoms with Crippen LogP contribution >= 0.6 is 0 Å². The van der Waals surface area contributed by atoms with Gasteiger partial charge in [-0.25, -0.2) is 0 Å². The van der Waals surface area contributed by atoms with Gasteiger partial charge >= 0.3 is 0 Å². The molecular formula is C28H22O6. The van der Waals surface area contributed by atoms with Gasteiger partial charge in [0.1, 0.15) is 34.5 Å². The van der Waals surface area contributed by atoms with Crippen LogP contribution in [0.25, 0.3) is 0 Å². The quantitative estimate of drug-likeness (QED) is 0.251. The van der Waals surface area contributed by atoms with E-state index in [1.165, 1.54) is 12.1 Å². The van der Waals surface area contributed by atoms with E-state index >= 15 is 0 Å². The molecule has 0 spiro atoms. The Morgan fingerprint density at radius 3 is 1.12 bits per heavy atom. The first-order valence-corrected chi connectivity index (χ1v) is 11.0. The Bertz CT molecular complexity index is 1310. The van der Waals surface area contributed by atoms with E-state index < -0.39 is 0 Å². The molecule has 0 heterocycles. The van der Waals surface area contributed by atoms with Gasteiger partial charge in [0.25, 0.3) is 0 Å². The van der Waals surface area contributed by atoms with Crippen molar-refractivity contribution in [3.05, 3.63) is 106 Å². The number of benzene rings is 4. The molecule has 0 saturated carbocycles. The summed E-state index contributed by atoms with van der Waals surface area (Å²) in [6, 6.07) is 19.5. The topological polar surface area (TPSA) is 121 Å². The molecule has 0 bridgehead atoms. The lowest BCUT2D eigenvalue weighted by molar-refractivity contribution is 0.443. The predicted octanol–water partition coefficient (Wildman–Crippen LogP) is 5.08. The summed E-state index contributed by atoms with van der Waals surface area (Å²) in [6.45, 7) is 0. The molecule has 4 atom stereocenters. The second-order valence-electron chi connectivity index (χ2n) is 9.13. The highest BCUT2D eigenvalue weighted by atomic mass is 16.3. The first-order valence-electron chi connectivity index (χ1n) is 11.0. The van der Waals surface area contributed by atoms with Crippen LogP contribution in [0.3, 0.4) is 0 Å². The molecule has 0 radical (unpaired) electrons. The van der Waals surface area contributed by atoms with Crippen molar-refractivity contribution < 1.29 is 30.6 Å². The Morgan fingerprint density at radius 2 is 0.765 bits per heavy atom. The maximum absolute atomic E-state index is 11.0. The van der Waals surface area contributed by atoms with Gasteiger partial charge in [0.05, 0.1) is 0 Å². The minimum atomic E-state index is -0.344. The van der Waals surface area contributed by atoms with Crippen molar-refractivity contribution >= 4 is 0 Å². The molecular weight excluding hydrogens is 432 g/mol. The van der Waals surface area contributed by atoms with Crippen LogP contribution < -0.4 is 0 Å². The Labute approximate surface area is 195 Å². The van der Waals surface area contributed by atoms with E-state index in [0.29, 0.717) is 11.1 Å². The van der Waals surface area contributed by atoms with Crippen molar-refractivity contribution in [3.63, 3.8) is 0 Å². The zero-order valence-corrected chi connectivity index (χ0v) is 17.9. The smallest absolute Gasteiger partial charge is 0.123 e. The monoisotopic (exact) mass is 454 g/mol. The number of phenolic OH excluding ortho intramolecular Hbond substituents is 6. The van der Waals surface area contributed by atoms with Gasteiger partial charge in [-0.05, 0) is 58.7 Å². The Kier molecular flexibility index (Phi) is 4.23. The fraction of sp³-hybridized carbons (Fsp3) is 0.143. The number of rotatable bonds is 2. The van der Waals surface area contributed by atoms with Gasteiger partial charge in [-0.1, -0.05) is 24.3 Å². The minimum Gasteiger partial charge on any atom is -0.508 e. The predicted molar refractivity (Wildman–Crippen MR) is 125 cm³/mol. The van der Waals surface area contributed by atoms with Crippen molar-refractivity contribution in [1.82, 2.24) is 0 Å². The molecule has 34 heavy (non-hydrogen) atoms. The molecule has 0 fully saturated rings.